The molecule has 0 saturated heterocycles. The number of carbonyl (C=O) groups is 5. The maximum atomic E-state index is 11.8. The van der Waals surface area contributed by atoms with Crippen LogP contribution in [-0.4, -0.2) is 99.0 Å². The molecule has 0 fully saturated rings. The first-order chi connectivity index (χ1) is 18.3. The second kappa shape index (κ2) is 24.6. The molecule has 0 bridgehead atoms. The Labute approximate surface area is 224 Å². The summed E-state index contributed by atoms with van der Waals surface area (Å²) in [5.41, 5.74) is 0. The van der Waals surface area contributed by atoms with Gasteiger partial charge in [-0.15, -0.1) is 0 Å². The van der Waals surface area contributed by atoms with Gasteiger partial charge in [0.05, 0.1) is 26.4 Å². The first kappa shape index (κ1) is 35.2. The van der Waals surface area contributed by atoms with Crippen molar-refractivity contribution in [1.29, 1.82) is 0 Å². The molecule has 1 atom stereocenters. The normalized spacial score (nSPS) is 11.5. The van der Waals surface area contributed by atoms with Crippen molar-refractivity contribution < 1.29 is 43.7 Å². The number of amides is 3. The zero-order valence-corrected chi connectivity index (χ0v) is 22.6. The van der Waals surface area contributed by atoms with Crippen LogP contribution in [0.2, 0.25) is 0 Å². The van der Waals surface area contributed by atoms with Gasteiger partial charge >= 0.3 is 11.9 Å². The van der Waals surface area contributed by atoms with Crippen LogP contribution in [0.25, 0.3) is 0 Å². The molecule has 0 heterocycles. The van der Waals surface area contributed by atoms with Crippen LogP contribution in [0.1, 0.15) is 70.6 Å². The molecule has 0 aliphatic heterocycles. The molecule has 220 valence electrons. The fourth-order valence-electron chi connectivity index (χ4n) is 3.35. The van der Waals surface area contributed by atoms with Crippen LogP contribution in [0.5, 0.6) is 0 Å². The zero-order chi connectivity index (χ0) is 28.4. The van der Waals surface area contributed by atoms with E-state index in [1.807, 2.05) is 0 Å². The molecular weight excluding hydrogens is 500 g/mol. The van der Waals surface area contributed by atoms with Gasteiger partial charge in [0.25, 0.3) is 0 Å². The lowest BCUT2D eigenvalue weighted by atomic mass is 10.1. The Hall–Kier alpha value is -2.77. The minimum absolute atomic E-state index is 0.0489. The number of nitrogens with one attached hydrogen (secondary N) is 4. The highest BCUT2D eigenvalue weighted by Crippen LogP contribution is 2.05. The molecule has 6 N–H and O–H groups in total. The number of hydrogen-bond donors (Lipinski definition) is 6. The van der Waals surface area contributed by atoms with Crippen molar-refractivity contribution in [2.24, 2.45) is 0 Å². The van der Waals surface area contributed by atoms with Crippen molar-refractivity contribution in [3.63, 3.8) is 0 Å². The van der Waals surface area contributed by atoms with Crippen LogP contribution in [0.15, 0.2) is 0 Å². The molecule has 0 aromatic carbocycles. The Morgan fingerprint density at radius 3 is 1.61 bits per heavy atom. The van der Waals surface area contributed by atoms with E-state index in [1.165, 1.54) is 0 Å². The zero-order valence-electron chi connectivity index (χ0n) is 22.6. The SMILES string of the molecule is CN[C@@H](CCCCNC(=O)CCC(=O)NCCOCCOCCNC(=O)CCCCCCC(=O)O)C(=O)O. The molecule has 0 aromatic heterocycles. The molecule has 13 heteroatoms. The lowest BCUT2D eigenvalue weighted by molar-refractivity contribution is -0.139. The topological polar surface area (TPSA) is 192 Å². The van der Waals surface area contributed by atoms with Gasteiger partial charge < -0.3 is 41.0 Å². The monoisotopic (exact) mass is 546 g/mol. The summed E-state index contributed by atoms with van der Waals surface area (Å²) in [5, 5.41) is 28.4. The van der Waals surface area contributed by atoms with E-state index >= 15 is 0 Å². The molecule has 0 aromatic rings. The maximum Gasteiger partial charge on any atom is 0.320 e. The van der Waals surface area contributed by atoms with E-state index < -0.39 is 18.0 Å². The van der Waals surface area contributed by atoms with Crippen molar-refractivity contribution in [3.8, 4) is 0 Å². The summed E-state index contributed by atoms with van der Waals surface area (Å²) in [6.07, 6.45) is 5.57. The van der Waals surface area contributed by atoms with Gasteiger partial charge in [-0.05, 0) is 39.2 Å². The molecule has 0 rings (SSSR count). The Morgan fingerprint density at radius 1 is 0.605 bits per heavy atom. The molecule has 0 aliphatic rings. The van der Waals surface area contributed by atoms with Crippen molar-refractivity contribution in [2.45, 2.75) is 76.7 Å². The van der Waals surface area contributed by atoms with Crippen LogP contribution < -0.4 is 21.3 Å². The molecule has 13 nitrogen and oxygen atoms in total. The highest BCUT2D eigenvalue weighted by molar-refractivity contribution is 5.83. The predicted molar refractivity (Wildman–Crippen MR) is 140 cm³/mol. The third kappa shape index (κ3) is 23.6. The van der Waals surface area contributed by atoms with Gasteiger partial charge in [0, 0.05) is 45.3 Å². The lowest BCUT2D eigenvalue weighted by Crippen LogP contribution is -2.34. The van der Waals surface area contributed by atoms with Gasteiger partial charge in [-0.2, -0.15) is 0 Å². The Morgan fingerprint density at radius 2 is 1.11 bits per heavy atom. The summed E-state index contributed by atoms with van der Waals surface area (Å²) in [4.78, 5) is 56.6. The van der Waals surface area contributed by atoms with E-state index in [9.17, 15) is 24.0 Å². The quantitative estimate of drug-likeness (QED) is 0.0828. The molecule has 0 saturated carbocycles. The highest BCUT2D eigenvalue weighted by atomic mass is 16.5. The number of unbranched alkanes of at least 4 members (excludes halogenated alkanes) is 4. The van der Waals surface area contributed by atoms with Gasteiger partial charge in [0.15, 0.2) is 0 Å². The van der Waals surface area contributed by atoms with Crippen molar-refractivity contribution >= 4 is 29.7 Å². The first-order valence-corrected chi connectivity index (χ1v) is 13.3. The van der Waals surface area contributed by atoms with E-state index in [4.69, 9.17) is 19.7 Å². The summed E-state index contributed by atoms with van der Waals surface area (Å²) < 4.78 is 10.7. The van der Waals surface area contributed by atoms with Crippen LogP contribution in [0.3, 0.4) is 0 Å². The number of aliphatic carboxylic acids is 2. The molecule has 0 unspecified atom stereocenters. The summed E-state index contributed by atoms with van der Waals surface area (Å²) in [7, 11) is 1.60. The van der Waals surface area contributed by atoms with Crippen LogP contribution in [0.4, 0.5) is 0 Å². The number of ether oxygens (including phenoxy) is 2. The van der Waals surface area contributed by atoms with Gasteiger partial charge in [0.2, 0.25) is 17.7 Å². The standard InChI is InChI=1S/C25H46N4O9/c1-26-20(25(35)36)8-6-7-13-27-22(31)11-12-23(32)29-15-17-38-19-18-37-16-14-28-21(30)9-4-2-3-5-10-24(33)34/h20,26H,2-19H2,1H3,(H,27,31)(H,28,30)(H,29,32)(H,33,34)(H,35,36)/t20-/m0/s1. The lowest BCUT2D eigenvalue weighted by Gasteiger charge is -2.11. The molecule has 0 spiro atoms. The second-order valence-electron chi connectivity index (χ2n) is 8.76. The molecular formula is C25H46N4O9. The van der Waals surface area contributed by atoms with Crippen LogP contribution in [0, 0.1) is 0 Å². The predicted octanol–water partition coefficient (Wildman–Crippen LogP) is 0.417. The van der Waals surface area contributed by atoms with E-state index in [1.54, 1.807) is 7.05 Å². The number of rotatable bonds is 26. The Kier molecular flexibility index (Phi) is 22.8. The smallest absolute Gasteiger partial charge is 0.320 e. The summed E-state index contributed by atoms with van der Waals surface area (Å²) >= 11 is 0. The number of carboxylic acids is 2. The number of hydrogen-bond acceptors (Lipinski definition) is 8. The largest absolute Gasteiger partial charge is 0.481 e. The Balaban J connectivity index is 3.45. The van der Waals surface area contributed by atoms with Crippen LogP contribution >= 0.6 is 0 Å². The van der Waals surface area contributed by atoms with Gasteiger partial charge in [-0.3, -0.25) is 24.0 Å². The molecule has 3 amide bonds. The average molecular weight is 547 g/mol. The minimum atomic E-state index is -0.893. The van der Waals surface area contributed by atoms with E-state index in [0.29, 0.717) is 78.2 Å². The maximum absolute atomic E-state index is 11.8. The summed E-state index contributed by atoms with van der Waals surface area (Å²) in [6.45, 7) is 2.56. The second-order valence-corrected chi connectivity index (χ2v) is 8.76. The van der Waals surface area contributed by atoms with Gasteiger partial charge in [-0.1, -0.05) is 12.8 Å². The molecule has 0 radical (unpaired) electrons. The number of carbonyl (C=O) groups excluding carboxylic acids is 3. The van der Waals surface area contributed by atoms with E-state index in [-0.39, 0.29) is 37.0 Å². The Bertz CT molecular complexity index is 692. The molecule has 38 heavy (non-hydrogen) atoms. The summed E-state index contributed by atoms with van der Waals surface area (Å²) in [6, 6.07) is -0.586. The van der Waals surface area contributed by atoms with Crippen molar-refractivity contribution in [2.75, 3.05) is 53.1 Å². The van der Waals surface area contributed by atoms with Crippen molar-refractivity contribution in [1.82, 2.24) is 21.3 Å². The highest BCUT2D eigenvalue weighted by Gasteiger charge is 2.13. The van der Waals surface area contributed by atoms with Crippen molar-refractivity contribution in [3.05, 3.63) is 0 Å². The average Bonchev–Trinajstić information content (AvgIpc) is 2.87. The minimum Gasteiger partial charge on any atom is -0.481 e. The van der Waals surface area contributed by atoms with E-state index in [2.05, 4.69) is 21.3 Å². The van der Waals surface area contributed by atoms with Gasteiger partial charge in [0.1, 0.15) is 6.04 Å². The summed E-state index contributed by atoms with van der Waals surface area (Å²) in [5.74, 6) is -2.20. The fourth-order valence-corrected chi connectivity index (χ4v) is 3.35. The first-order valence-electron chi connectivity index (χ1n) is 13.3. The van der Waals surface area contributed by atoms with E-state index in [0.717, 1.165) is 19.3 Å². The van der Waals surface area contributed by atoms with Crippen LogP contribution in [-0.2, 0) is 33.4 Å². The van der Waals surface area contributed by atoms with Gasteiger partial charge in [-0.25, -0.2) is 0 Å². The molecule has 0 aliphatic carbocycles. The number of carboxylic acid groups (broad SMARTS) is 2. The third-order valence-corrected chi connectivity index (χ3v) is 5.52. The fraction of sp³-hybridized carbons (Fsp3) is 0.800. The number of likely N-dealkylation sites (N-methyl/N-ethyl adjacent to an activating group) is 1. The third-order valence-electron chi connectivity index (χ3n) is 5.52.